The summed E-state index contributed by atoms with van der Waals surface area (Å²) in [6.45, 7) is 1.98. The second-order valence-corrected chi connectivity index (χ2v) is 5.35. The quantitative estimate of drug-likeness (QED) is 0.839. The fourth-order valence-electron chi connectivity index (χ4n) is 1.62. The number of hydrogen-bond donors (Lipinski definition) is 1. The van der Waals surface area contributed by atoms with Gasteiger partial charge in [-0.25, -0.2) is 0 Å². The van der Waals surface area contributed by atoms with Crippen molar-refractivity contribution in [3.05, 3.63) is 57.7 Å². The number of amides is 1. The average Bonchev–Trinajstić information content (AvgIpc) is 2.41. The summed E-state index contributed by atoms with van der Waals surface area (Å²) in [6, 6.07) is 15.2. The van der Waals surface area contributed by atoms with E-state index in [2.05, 4.69) is 27.9 Å². The Morgan fingerprint density at radius 2 is 1.95 bits per heavy atom. The van der Waals surface area contributed by atoms with Crippen molar-refractivity contribution >= 4 is 34.2 Å². The molecular weight excluding hydrogens is 353 g/mol. The van der Waals surface area contributed by atoms with Gasteiger partial charge in [0.25, 0.3) is 5.91 Å². The third-order valence-corrected chi connectivity index (χ3v) is 3.25. The van der Waals surface area contributed by atoms with Gasteiger partial charge in [-0.2, -0.15) is 0 Å². The number of nitrogens with one attached hydrogen (secondary N) is 1. The molecule has 1 amide bonds. The van der Waals surface area contributed by atoms with Crippen LogP contribution in [0.3, 0.4) is 0 Å². The van der Waals surface area contributed by atoms with E-state index in [4.69, 9.17) is 4.74 Å². The first-order valence-corrected chi connectivity index (χ1v) is 6.97. The van der Waals surface area contributed by atoms with Gasteiger partial charge >= 0.3 is 0 Å². The summed E-state index contributed by atoms with van der Waals surface area (Å²) >= 11 is 2.24. The summed E-state index contributed by atoms with van der Waals surface area (Å²) < 4.78 is 6.54. The number of ether oxygens (including phenoxy) is 1. The van der Waals surface area contributed by atoms with Gasteiger partial charge in [-0.15, -0.1) is 0 Å². The molecule has 0 fully saturated rings. The zero-order chi connectivity index (χ0) is 13.7. The first kappa shape index (κ1) is 13.9. The molecule has 0 aliphatic rings. The highest BCUT2D eigenvalue weighted by molar-refractivity contribution is 14.1. The van der Waals surface area contributed by atoms with Crippen molar-refractivity contribution < 1.29 is 9.53 Å². The standard InChI is InChI=1S/C15H14INO2/c1-11-9-12(16)7-8-14(11)17-15(18)10-19-13-5-3-2-4-6-13/h2-9H,10H2,1H3,(H,17,18). The first-order chi connectivity index (χ1) is 9.15. The van der Waals surface area contributed by atoms with Crippen LogP contribution in [0.25, 0.3) is 0 Å². The zero-order valence-corrected chi connectivity index (χ0v) is 12.7. The summed E-state index contributed by atoms with van der Waals surface area (Å²) in [7, 11) is 0. The van der Waals surface area contributed by atoms with Gasteiger partial charge in [0.2, 0.25) is 0 Å². The molecular formula is C15H14INO2. The van der Waals surface area contributed by atoms with Crippen molar-refractivity contribution in [2.45, 2.75) is 6.92 Å². The molecule has 2 rings (SSSR count). The van der Waals surface area contributed by atoms with Crippen LogP contribution < -0.4 is 10.1 Å². The van der Waals surface area contributed by atoms with E-state index in [9.17, 15) is 4.79 Å². The first-order valence-electron chi connectivity index (χ1n) is 5.89. The number of hydrogen-bond acceptors (Lipinski definition) is 2. The molecule has 0 spiro atoms. The monoisotopic (exact) mass is 367 g/mol. The Balaban J connectivity index is 1.91. The molecule has 4 heteroatoms. The molecule has 0 radical (unpaired) electrons. The lowest BCUT2D eigenvalue weighted by molar-refractivity contribution is -0.118. The predicted octanol–water partition coefficient (Wildman–Crippen LogP) is 3.62. The van der Waals surface area contributed by atoms with Crippen LogP contribution in [0.1, 0.15) is 5.56 Å². The highest BCUT2D eigenvalue weighted by atomic mass is 127. The van der Waals surface area contributed by atoms with Crippen LogP contribution in [0.15, 0.2) is 48.5 Å². The second-order valence-electron chi connectivity index (χ2n) is 4.11. The van der Waals surface area contributed by atoms with Gasteiger partial charge in [0.05, 0.1) is 0 Å². The SMILES string of the molecule is Cc1cc(I)ccc1NC(=O)COc1ccccc1. The van der Waals surface area contributed by atoms with E-state index in [1.54, 1.807) is 0 Å². The summed E-state index contributed by atoms with van der Waals surface area (Å²) in [6.07, 6.45) is 0. The van der Waals surface area contributed by atoms with Crippen molar-refractivity contribution in [2.75, 3.05) is 11.9 Å². The van der Waals surface area contributed by atoms with E-state index in [1.807, 2.05) is 55.5 Å². The highest BCUT2D eigenvalue weighted by Gasteiger charge is 2.05. The zero-order valence-electron chi connectivity index (χ0n) is 10.5. The Bertz CT molecular complexity index is 570. The minimum absolute atomic E-state index is 0.00936. The Morgan fingerprint density at radius 3 is 2.63 bits per heavy atom. The van der Waals surface area contributed by atoms with Crippen LogP contribution in [-0.2, 0) is 4.79 Å². The van der Waals surface area contributed by atoms with Gasteiger partial charge < -0.3 is 10.1 Å². The van der Waals surface area contributed by atoms with E-state index in [-0.39, 0.29) is 12.5 Å². The van der Waals surface area contributed by atoms with Crippen LogP contribution >= 0.6 is 22.6 Å². The van der Waals surface area contributed by atoms with E-state index in [0.29, 0.717) is 5.75 Å². The molecule has 0 saturated carbocycles. The maximum atomic E-state index is 11.8. The largest absolute Gasteiger partial charge is 0.484 e. The van der Waals surface area contributed by atoms with Crippen LogP contribution in [0.4, 0.5) is 5.69 Å². The Morgan fingerprint density at radius 1 is 1.21 bits per heavy atom. The number of rotatable bonds is 4. The highest BCUT2D eigenvalue weighted by Crippen LogP contribution is 2.17. The minimum Gasteiger partial charge on any atom is -0.484 e. The number of benzene rings is 2. The molecule has 0 aromatic heterocycles. The number of carbonyl (C=O) groups is 1. The number of anilines is 1. The van der Waals surface area contributed by atoms with Crippen LogP contribution in [0, 0.1) is 10.5 Å². The molecule has 0 bridgehead atoms. The molecule has 0 saturated heterocycles. The number of halogens is 1. The minimum atomic E-state index is -0.159. The molecule has 98 valence electrons. The lowest BCUT2D eigenvalue weighted by Gasteiger charge is -2.09. The normalized spacial score (nSPS) is 10.0. The van der Waals surface area contributed by atoms with Crippen molar-refractivity contribution in [3.8, 4) is 5.75 Å². The van der Waals surface area contributed by atoms with Crippen molar-refractivity contribution in [1.29, 1.82) is 0 Å². The molecule has 2 aromatic rings. The maximum Gasteiger partial charge on any atom is 0.262 e. The molecule has 2 aromatic carbocycles. The van der Waals surface area contributed by atoms with Gasteiger partial charge in [-0.1, -0.05) is 18.2 Å². The molecule has 0 unspecified atom stereocenters. The smallest absolute Gasteiger partial charge is 0.262 e. The molecule has 19 heavy (non-hydrogen) atoms. The number of aryl methyl sites for hydroxylation is 1. The third-order valence-electron chi connectivity index (χ3n) is 2.58. The maximum absolute atomic E-state index is 11.8. The van der Waals surface area contributed by atoms with E-state index in [0.717, 1.165) is 14.8 Å². The number of para-hydroxylation sites is 1. The molecule has 0 aliphatic carbocycles. The van der Waals surface area contributed by atoms with Crippen LogP contribution in [0.5, 0.6) is 5.75 Å². The van der Waals surface area contributed by atoms with Gasteiger partial charge in [-0.05, 0) is 65.4 Å². The predicted molar refractivity (Wildman–Crippen MR) is 84.5 cm³/mol. The van der Waals surface area contributed by atoms with E-state index in [1.165, 1.54) is 0 Å². The van der Waals surface area contributed by atoms with Gasteiger partial charge in [-0.3, -0.25) is 4.79 Å². The summed E-state index contributed by atoms with van der Waals surface area (Å²) in [4.78, 5) is 11.8. The number of carbonyl (C=O) groups excluding carboxylic acids is 1. The van der Waals surface area contributed by atoms with E-state index < -0.39 is 0 Å². The summed E-state index contributed by atoms with van der Waals surface area (Å²) in [5.74, 6) is 0.533. The molecule has 0 atom stereocenters. The van der Waals surface area contributed by atoms with Gasteiger partial charge in [0.15, 0.2) is 6.61 Å². The van der Waals surface area contributed by atoms with Crippen LogP contribution in [0.2, 0.25) is 0 Å². The van der Waals surface area contributed by atoms with Crippen molar-refractivity contribution in [2.24, 2.45) is 0 Å². The molecule has 1 N–H and O–H groups in total. The summed E-state index contributed by atoms with van der Waals surface area (Å²) in [5.41, 5.74) is 1.86. The van der Waals surface area contributed by atoms with Gasteiger partial charge in [0, 0.05) is 9.26 Å². The molecule has 0 aliphatic heterocycles. The fourth-order valence-corrected chi connectivity index (χ4v) is 2.27. The van der Waals surface area contributed by atoms with Crippen molar-refractivity contribution in [3.63, 3.8) is 0 Å². The van der Waals surface area contributed by atoms with Crippen molar-refractivity contribution in [1.82, 2.24) is 0 Å². The van der Waals surface area contributed by atoms with Crippen LogP contribution in [-0.4, -0.2) is 12.5 Å². The lowest BCUT2D eigenvalue weighted by Crippen LogP contribution is -2.20. The fraction of sp³-hybridized carbons (Fsp3) is 0.133. The Kier molecular flexibility index (Phi) is 4.79. The van der Waals surface area contributed by atoms with Gasteiger partial charge in [0.1, 0.15) is 5.75 Å². The average molecular weight is 367 g/mol. The lowest BCUT2D eigenvalue weighted by atomic mass is 10.2. The summed E-state index contributed by atoms with van der Waals surface area (Å²) in [5, 5.41) is 2.84. The second kappa shape index (κ2) is 6.56. The molecule has 3 nitrogen and oxygen atoms in total. The third kappa shape index (κ3) is 4.24. The van der Waals surface area contributed by atoms with E-state index >= 15 is 0 Å². The Hall–Kier alpha value is -1.56. The topological polar surface area (TPSA) is 38.3 Å². The Labute approximate surface area is 126 Å². The molecule has 0 heterocycles.